The zero-order chi connectivity index (χ0) is 11.2. The predicted molar refractivity (Wildman–Crippen MR) is 62.3 cm³/mol. The Morgan fingerprint density at radius 3 is 3.19 bits per heavy atom. The van der Waals surface area contributed by atoms with Gasteiger partial charge in [-0.25, -0.2) is 4.98 Å². The van der Waals surface area contributed by atoms with Crippen LogP contribution in [0.5, 0.6) is 0 Å². The van der Waals surface area contributed by atoms with Gasteiger partial charge in [0.05, 0.1) is 12.8 Å². The van der Waals surface area contributed by atoms with E-state index in [-0.39, 0.29) is 0 Å². The highest BCUT2D eigenvalue weighted by molar-refractivity contribution is 7.99. The van der Waals surface area contributed by atoms with Crippen LogP contribution in [0.1, 0.15) is 11.6 Å². The summed E-state index contributed by atoms with van der Waals surface area (Å²) in [5.41, 5.74) is 0. The van der Waals surface area contributed by atoms with Crippen molar-refractivity contribution in [3.8, 4) is 0 Å². The van der Waals surface area contributed by atoms with E-state index >= 15 is 0 Å². The van der Waals surface area contributed by atoms with E-state index in [2.05, 4.69) is 20.5 Å². The van der Waals surface area contributed by atoms with Crippen LogP contribution in [-0.4, -0.2) is 27.5 Å². The van der Waals surface area contributed by atoms with E-state index < -0.39 is 0 Å². The number of aromatic nitrogens is 3. The van der Waals surface area contributed by atoms with Crippen molar-refractivity contribution in [2.75, 3.05) is 12.3 Å². The summed E-state index contributed by atoms with van der Waals surface area (Å²) < 4.78 is 5.20. The third-order valence-electron chi connectivity index (χ3n) is 1.97. The van der Waals surface area contributed by atoms with E-state index in [0.29, 0.717) is 0 Å². The van der Waals surface area contributed by atoms with Gasteiger partial charge in [0, 0.05) is 12.3 Å². The predicted octanol–water partition coefficient (Wildman–Crippen LogP) is 1.59. The summed E-state index contributed by atoms with van der Waals surface area (Å²) in [6.07, 6.45) is 1.68. The molecule has 0 unspecified atom stereocenters. The molecule has 0 atom stereocenters. The van der Waals surface area contributed by atoms with Crippen LogP contribution in [0.3, 0.4) is 0 Å². The summed E-state index contributed by atoms with van der Waals surface area (Å²) in [4.78, 5) is 4.21. The van der Waals surface area contributed by atoms with Crippen LogP contribution in [0.4, 0.5) is 0 Å². The molecule has 0 saturated carbocycles. The number of hydrogen-bond donors (Lipinski definition) is 2. The fourth-order valence-electron chi connectivity index (χ4n) is 1.23. The minimum atomic E-state index is 0.764. The highest BCUT2D eigenvalue weighted by Crippen LogP contribution is 2.10. The SMILES string of the molecule is Cc1nc(SCCNCc2ccco2)n[nH]1. The molecular formula is C10H14N4OS. The molecule has 0 bridgehead atoms. The largest absolute Gasteiger partial charge is 0.468 e. The van der Waals surface area contributed by atoms with Crippen LogP contribution in [0.2, 0.25) is 0 Å². The molecule has 16 heavy (non-hydrogen) atoms. The van der Waals surface area contributed by atoms with Crippen molar-refractivity contribution < 1.29 is 4.42 Å². The van der Waals surface area contributed by atoms with Crippen LogP contribution < -0.4 is 5.32 Å². The zero-order valence-corrected chi connectivity index (χ0v) is 9.88. The molecule has 2 aromatic heterocycles. The number of aryl methyl sites for hydroxylation is 1. The Morgan fingerprint density at radius 2 is 2.50 bits per heavy atom. The van der Waals surface area contributed by atoms with Crippen LogP contribution >= 0.6 is 11.8 Å². The maximum absolute atomic E-state index is 5.20. The van der Waals surface area contributed by atoms with Crippen molar-refractivity contribution in [3.05, 3.63) is 30.0 Å². The first kappa shape index (κ1) is 11.2. The summed E-state index contributed by atoms with van der Waals surface area (Å²) >= 11 is 1.63. The quantitative estimate of drug-likeness (QED) is 0.591. The van der Waals surface area contributed by atoms with E-state index in [1.54, 1.807) is 18.0 Å². The molecule has 6 heteroatoms. The van der Waals surface area contributed by atoms with Gasteiger partial charge in [-0.05, 0) is 19.1 Å². The van der Waals surface area contributed by atoms with E-state index in [1.807, 2.05) is 19.1 Å². The molecule has 0 fully saturated rings. The molecule has 2 heterocycles. The third-order valence-corrected chi connectivity index (χ3v) is 2.82. The molecule has 5 nitrogen and oxygen atoms in total. The standard InChI is InChI=1S/C10H14N4OS/c1-8-12-10(14-13-8)16-6-4-11-7-9-3-2-5-15-9/h2-3,5,11H,4,6-7H2,1H3,(H,12,13,14). The minimum Gasteiger partial charge on any atom is -0.468 e. The van der Waals surface area contributed by atoms with Crippen molar-refractivity contribution in [2.45, 2.75) is 18.6 Å². The smallest absolute Gasteiger partial charge is 0.208 e. The first-order chi connectivity index (χ1) is 7.84. The van der Waals surface area contributed by atoms with Crippen LogP contribution in [0.15, 0.2) is 28.0 Å². The number of furan rings is 1. The molecule has 0 spiro atoms. The Hall–Kier alpha value is -1.27. The molecular weight excluding hydrogens is 224 g/mol. The second kappa shape index (κ2) is 5.72. The second-order valence-electron chi connectivity index (χ2n) is 3.31. The molecule has 2 N–H and O–H groups in total. The van der Waals surface area contributed by atoms with E-state index in [4.69, 9.17) is 4.42 Å². The molecule has 2 aromatic rings. The van der Waals surface area contributed by atoms with Gasteiger partial charge in [0.25, 0.3) is 0 Å². The lowest BCUT2D eigenvalue weighted by molar-refractivity contribution is 0.488. The fourth-order valence-corrected chi connectivity index (χ4v) is 1.97. The molecule has 0 aliphatic heterocycles. The van der Waals surface area contributed by atoms with E-state index in [1.165, 1.54) is 0 Å². The zero-order valence-electron chi connectivity index (χ0n) is 9.06. The molecule has 0 aliphatic rings. The van der Waals surface area contributed by atoms with Gasteiger partial charge in [-0.2, -0.15) is 0 Å². The van der Waals surface area contributed by atoms with Crippen LogP contribution in [0.25, 0.3) is 0 Å². The van der Waals surface area contributed by atoms with Crippen LogP contribution in [-0.2, 0) is 6.54 Å². The number of nitrogens with zero attached hydrogens (tertiary/aromatic N) is 2. The van der Waals surface area contributed by atoms with Gasteiger partial charge in [-0.1, -0.05) is 11.8 Å². The molecule has 0 radical (unpaired) electrons. The van der Waals surface area contributed by atoms with Crippen molar-refractivity contribution in [1.29, 1.82) is 0 Å². The summed E-state index contributed by atoms with van der Waals surface area (Å²) in [5.74, 6) is 2.75. The highest BCUT2D eigenvalue weighted by atomic mass is 32.2. The molecule has 2 rings (SSSR count). The molecule has 0 aliphatic carbocycles. The maximum atomic E-state index is 5.20. The van der Waals surface area contributed by atoms with Gasteiger partial charge in [-0.15, -0.1) is 5.10 Å². The van der Waals surface area contributed by atoms with Crippen molar-refractivity contribution in [3.63, 3.8) is 0 Å². The monoisotopic (exact) mass is 238 g/mol. The van der Waals surface area contributed by atoms with Gasteiger partial charge >= 0.3 is 0 Å². The van der Waals surface area contributed by atoms with Crippen LogP contribution in [0, 0.1) is 6.92 Å². The minimum absolute atomic E-state index is 0.764. The molecule has 0 aromatic carbocycles. The van der Waals surface area contributed by atoms with E-state index in [9.17, 15) is 0 Å². The van der Waals surface area contributed by atoms with Gasteiger partial charge in [0.2, 0.25) is 5.16 Å². The molecule has 0 amide bonds. The number of H-pyrrole nitrogens is 1. The normalized spacial score (nSPS) is 10.8. The van der Waals surface area contributed by atoms with Gasteiger partial charge < -0.3 is 9.73 Å². The van der Waals surface area contributed by atoms with Crippen molar-refractivity contribution in [1.82, 2.24) is 20.5 Å². The number of rotatable bonds is 6. The fraction of sp³-hybridized carbons (Fsp3) is 0.400. The maximum Gasteiger partial charge on any atom is 0.208 e. The molecule has 0 saturated heterocycles. The Bertz CT molecular complexity index is 412. The third kappa shape index (κ3) is 3.39. The topological polar surface area (TPSA) is 66.7 Å². The van der Waals surface area contributed by atoms with Gasteiger partial charge in [0.15, 0.2) is 0 Å². The average molecular weight is 238 g/mol. The summed E-state index contributed by atoms with van der Waals surface area (Å²) in [7, 11) is 0. The summed E-state index contributed by atoms with van der Waals surface area (Å²) in [6.45, 7) is 3.56. The van der Waals surface area contributed by atoms with Gasteiger partial charge in [0.1, 0.15) is 11.6 Å². The Labute approximate surface area is 98.0 Å². The average Bonchev–Trinajstić information content (AvgIpc) is 2.89. The lowest BCUT2D eigenvalue weighted by Gasteiger charge is -2.00. The highest BCUT2D eigenvalue weighted by Gasteiger charge is 2.00. The Morgan fingerprint density at radius 1 is 1.56 bits per heavy atom. The van der Waals surface area contributed by atoms with Crippen molar-refractivity contribution in [2.24, 2.45) is 0 Å². The Kier molecular flexibility index (Phi) is 4.01. The number of hydrogen-bond acceptors (Lipinski definition) is 5. The number of nitrogens with one attached hydrogen (secondary N) is 2. The first-order valence-corrected chi connectivity index (χ1v) is 6.08. The van der Waals surface area contributed by atoms with E-state index in [0.717, 1.165) is 35.6 Å². The first-order valence-electron chi connectivity index (χ1n) is 5.09. The summed E-state index contributed by atoms with van der Waals surface area (Å²) in [5, 5.41) is 10.9. The lowest BCUT2D eigenvalue weighted by Crippen LogP contribution is -2.16. The van der Waals surface area contributed by atoms with Crippen molar-refractivity contribution >= 4 is 11.8 Å². The lowest BCUT2D eigenvalue weighted by atomic mass is 10.4. The number of thioether (sulfide) groups is 1. The number of aromatic amines is 1. The Balaban J connectivity index is 1.59. The van der Waals surface area contributed by atoms with Gasteiger partial charge in [-0.3, -0.25) is 5.10 Å². The summed E-state index contributed by atoms with van der Waals surface area (Å²) in [6, 6.07) is 3.85. The second-order valence-corrected chi connectivity index (χ2v) is 4.37. The molecule has 86 valence electrons.